The zero-order chi connectivity index (χ0) is 19.8. The van der Waals surface area contributed by atoms with E-state index in [0.717, 1.165) is 10.5 Å². The van der Waals surface area contributed by atoms with Crippen molar-refractivity contribution in [3.8, 4) is 5.75 Å². The Morgan fingerprint density at radius 3 is 2.39 bits per heavy atom. The van der Waals surface area contributed by atoms with Gasteiger partial charge in [-0.3, -0.25) is 9.59 Å². The molecule has 7 heteroatoms. The van der Waals surface area contributed by atoms with Gasteiger partial charge in [-0.15, -0.1) is 0 Å². The molecule has 28 heavy (non-hydrogen) atoms. The number of ether oxygens (including phenoxy) is 1. The van der Waals surface area contributed by atoms with Crippen molar-refractivity contribution in [3.63, 3.8) is 0 Å². The van der Waals surface area contributed by atoms with Crippen molar-refractivity contribution in [3.05, 3.63) is 59.7 Å². The fourth-order valence-corrected chi connectivity index (χ4v) is 3.77. The number of nitrogens with zero attached hydrogens (tertiary/aromatic N) is 2. The van der Waals surface area contributed by atoms with Crippen LogP contribution in [0.25, 0.3) is 0 Å². The van der Waals surface area contributed by atoms with Crippen molar-refractivity contribution < 1.29 is 19.1 Å². The van der Waals surface area contributed by atoms with Crippen LogP contribution in [0.4, 0.5) is 10.5 Å². The van der Waals surface area contributed by atoms with Crippen molar-refractivity contribution in [2.45, 2.75) is 25.4 Å². The number of aryl methyl sites for hydroxylation is 1. The SMILES string of the molecule is COc1ccc(C(=O)N2CC[C@H]3NC(=O)N(c4ccc(C)cc4)C(=O)[C@H]32)cc1. The number of fused-ring (bicyclic) bond motifs is 1. The van der Waals surface area contributed by atoms with Gasteiger partial charge in [0.1, 0.15) is 11.8 Å². The van der Waals surface area contributed by atoms with Crippen LogP contribution in [0.3, 0.4) is 0 Å². The molecule has 2 atom stereocenters. The molecule has 0 radical (unpaired) electrons. The Kier molecular flexibility index (Phi) is 4.50. The van der Waals surface area contributed by atoms with E-state index in [1.54, 1.807) is 48.4 Å². The minimum absolute atomic E-state index is 0.233. The Bertz CT molecular complexity index is 924. The summed E-state index contributed by atoms with van der Waals surface area (Å²) in [6.07, 6.45) is 0.547. The molecule has 0 bridgehead atoms. The number of benzene rings is 2. The highest BCUT2D eigenvalue weighted by Crippen LogP contribution is 2.29. The normalized spacial score (nSPS) is 21.4. The average molecular weight is 379 g/mol. The van der Waals surface area contributed by atoms with E-state index in [2.05, 4.69) is 5.32 Å². The number of methoxy groups -OCH3 is 1. The summed E-state index contributed by atoms with van der Waals surface area (Å²) in [5.41, 5.74) is 2.01. The molecule has 0 saturated carbocycles. The number of imide groups is 1. The predicted molar refractivity (Wildman–Crippen MR) is 103 cm³/mol. The molecule has 2 heterocycles. The van der Waals surface area contributed by atoms with E-state index in [-0.39, 0.29) is 17.9 Å². The second-order valence-electron chi connectivity index (χ2n) is 7.03. The number of rotatable bonds is 3. The Morgan fingerprint density at radius 1 is 1.07 bits per heavy atom. The van der Waals surface area contributed by atoms with Crippen LogP contribution in [-0.2, 0) is 4.79 Å². The molecule has 0 aliphatic carbocycles. The van der Waals surface area contributed by atoms with E-state index in [4.69, 9.17) is 4.74 Å². The minimum Gasteiger partial charge on any atom is -0.497 e. The number of urea groups is 1. The molecule has 144 valence electrons. The molecule has 4 amide bonds. The molecule has 2 fully saturated rings. The number of amides is 4. The monoisotopic (exact) mass is 379 g/mol. The maximum atomic E-state index is 13.2. The van der Waals surface area contributed by atoms with Crippen LogP contribution in [0.2, 0.25) is 0 Å². The van der Waals surface area contributed by atoms with E-state index >= 15 is 0 Å². The Balaban J connectivity index is 1.62. The first kappa shape index (κ1) is 18.0. The van der Waals surface area contributed by atoms with Crippen molar-refractivity contribution in [1.29, 1.82) is 0 Å². The number of anilines is 1. The summed E-state index contributed by atoms with van der Waals surface area (Å²) in [6, 6.07) is 12.4. The Labute approximate surface area is 162 Å². The number of carbonyl (C=O) groups excluding carboxylic acids is 3. The van der Waals surface area contributed by atoms with Gasteiger partial charge in [-0.2, -0.15) is 0 Å². The number of hydrogen-bond acceptors (Lipinski definition) is 4. The van der Waals surface area contributed by atoms with Gasteiger partial charge < -0.3 is 15.0 Å². The van der Waals surface area contributed by atoms with Crippen LogP contribution in [0, 0.1) is 6.92 Å². The van der Waals surface area contributed by atoms with Gasteiger partial charge in [-0.05, 0) is 49.7 Å². The molecule has 4 rings (SSSR count). The van der Waals surface area contributed by atoms with Gasteiger partial charge in [-0.1, -0.05) is 17.7 Å². The molecular formula is C21H21N3O4. The lowest BCUT2D eigenvalue weighted by Gasteiger charge is -2.36. The lowest BCUT2D eigenvalue weighted by atomic mass is 10.0. The van der Waals surface area contributed by atoms with Crippen LogP contribution in [-0.4, -0.2) is 48.5 Å². The summed E-state index contributed by atoms with van der Waals surface area (Å²) in [7, 11) is 1.56. The maximum Gasteiger partial charge on any atom is 0.329 e. The van der Waals surface area contributed by atoms with E-state index in [9.17, 15) is 14.4 Å². The molecule has 0 spiro atoms. The van der Waals surface area contributed by atoms with Gasteiger partial charge in [0.15, 0.2) is 0 Å². The van der Waals surface area contributed by atoms with Crippen LogP contribution in [0.15, 0.2) is 48.5 Å². The smallest absolute Gasteiger partial charge is 0.329 e. The molecule has 0 unspecified atom stereocenters. The zero-order valence-electron chi connectivity index (χ0n) is 15.7. The second kappa shape index (κ2) is 6.99. The zero-order valence-corrected chi connectivity index (χ0v) is 15.7. The van der Waals surface area contributed by atoms with Gasteiger partial charge in [0.2, 0.25) is 0 Å². The number of nitrogens with one attached hydrogen (secondary N) is 1. The molecule has 2 saturated heterocycles. The average Bonchev–Trinajstić information content (AvgIpc) is 3.13. The quantitative estimate of drug-likeness (QED) is 0.888. The topological polar surface area (TPSA) is 79.0 Å². The van der Waals surface area contributed by atoms with Crippen molar-refractivity contribution in [2.75, 3.05) is 18.6 Å². The highest BCUT2D eigenvalue weighted by atomic mass is 16.5. The third-order valence-corrected chi connectivity index (χ3v) is 5.27. The highest BCUT2D eigenvalue weighted by molar-refractivity contribution is 6.19. The van der Waals surface area contributed by atoms with Crippen LogP contribution in [0.5, 0.6) is 5.75 Å². The van der Waals surface area contributed by atoms with E-state index in [1.165, 1.54) is 0 Å². The van der Waals surface area contributed by atoms with E-state index in [0.29, 0.717) is 30.0 Å². The molecule has 2 aliphatic rings. The largest absolute Gasteiger partial charge is 0.497 e. The summed E-state index contributed by atoms with van der Waals surface area (Å²) in [5.74, 6) is 0.0443. The van der Waals surface area contributed by atoms with Crippen molar-refractivity contribution >= 4 is 23.5 Å². The van der Waals surface area contributed by atoms with Crippen LogP contribution < -0.4 is 15.0 Å². The fourth-order valence-electron chi connectivity index (χ4n) is 3.77. The molecule has 2 aliphatic heterocycles. The molecule has 1 N–H and O–H groups in total. The first-order valence-corrected chi connectivity index (χ1v) is 9.16. The number of likely N-dealkylation sites (tertiary alicyclic amines) is 1. The van der Waals surface area contributed by atoms with Crippen molar-refractivity contribution in [2.24, 2.45) is 0 Å². The van der Waals surface area contributed by atoms with Gasteiger partial charge in [-0.25, -0.2) is 9.69 Å². The van der Waals surface area contributed by atoms with Gasteiger partial charge in [0.05, 0.1) is 18.8 Å². The minimum atomic E-state index is -0.714. The molecule has 7 nitrogen and oxygen atoms in total. The van der Waals surface area contributed by atoms with Gasteiger partial charge >= 0.3 is 6.03 Å². The summed E-state index contributed by atoms with van der Waals surface area (Å²) in [6.45, 7) is 2.35. The molecular weight excluding hydrogens is 358 g/mol. The first-order chi connectivity index (χ1) is 13.5. The lowest BCUT2D eigenvalue weighted by molar-refractivity contribution is -0.122. The van der Waals surface area contributed by atoms with Crippen molar-refractivity contribution in [1.82, 2.24) is 10.2 Å². The Morgan fingerprint density at radius 2 is 1.75 bits per heavy atom. The number of hydrogen-bond donors (Lipinski definition) is 1. The van der Waals surface area contributed by atoms with Gasteiger partial charge in [0.25, 0.3) is 11.8 Å². The summed E-state index contributed by atoms with van der Waals surface area (Å²) in [4.78, 5) is 41.4. The lowest BCUT2D eigenvalue weighted by Crippen LogP contribution is -2.65. The van der Waals surface area contributed by atoms with Crippen LogP contribution >= 0.6 is 0 Å². The van der Waals surface area contributed by atoms with Gasteiger partial charge in [0, 0.05) is 12.1 Å². The highest BCUT2D eigenvalue weighted by Gasteiger charge is 2.49. The third-order valence-electron chi connectivity index (χ3n) is 5.27. The summed E-state index contributed by atoms with van der Waals surface area (Å²) >= 11 is 0. The fraction of sp³-hybridized carbons (Fsp3) is 0.286. The molecule has 2 aromatic carbocycles. The molecule has 0 aromatic heterocycles. The summed E-state index contributed by atoms with van der Waals surface area (Å²) in [5, 5.41) is 2.88. The predicted octanol–water partition coefficient (Wildman–Crippen LogP) is 2.34. The van der Waals surface area contributed by atoms with Crippen LogP contribution in [0.1, 0.15) is 22.3 Å². The second-order valence-corrected chi connectivity index (χ2v) is 7.03. The number of carbonyl (C=O) groups is 3. The van der Waals surface area contributed by atoms with E-state index in [1.807, 2.05) is 19.1 Å². The Hall–Kier alpha value is -3.35. The standard InChI is InChI=1S/C21H21N3O4/c1-13-3-7-15(8-4-13)24-20(26)18-17(22-21(24)27)11-12-23(18)19(25)14-5-9-16(28-2)10-6-14/h3-10,17-18H,11-12H2,1-2H3,(H,22,27)/t17-,18+/m1/s1. The maximum absolute atomic E-state index is 13.2. The third kappa shape index (κ3) is 2.98. The summed E-state index contributed by atoms with van der Waals surface area (Å²) < 4.78 is 5.13. The first-order valence-electron chi connectivity index (χ1n) is 9.16. The van der Waals surface area contributed by atoms with E-state index < -0.39 is 12.1 Å². The molecule has 2 aromatic rings.